The highest BCUT2D eigenvalue weighted by Crippen LogP contribution is 1.99. The van der Waals surface area contributed by atoms with Gasteiger partial charge in [-0.1, -0.05) is 0 Å². The van der Waals surface area contributed by atoms with E-state index in [-0.39, 0.29) is 11.9 Å². The monoisotopic (exact) mass is 252 g/mol. The first-order valence-electron chi connectivity index (χ1n) is 5.89. The minimum absolute atomic E-state index is 0.0456. The van der Waals surface area contributed by atoms with Gasteiger partial charge in [0.1, 0.15) is 6.33 Å². The summed E-state index contributed by atoms with van der Waals surface area (Å²) in [5, 5.41) is 2.66. The maximum absolute atomic E-state index is 11.8. The summed E-state index contributed by atoms with van der Waals surface area (Å²) in [6, 6.07) is -0.276. The van der Waals surface area contributed by atoms with Crippen LogP contribution in [0.25, 0.3) is 0 Å². The first-order chi connectivity index (χ1) is 8.77. The van der Waals surface area contributed by atoms with Gasteiger partial charge in [-0.15, -0.1) is 0 Å². The molecule has 0 aliphatic carbocycles. The molecular weight excluding hydrogens is 236 g/mol. The van der Waals surface area contributed by atoms with Crippen LogP contribution in [0.3, 0.4) is 0 Å². The average molecular weight is 252 g/mol. The number of nitrogens with one attached hydrogen (secondary N) is 1. The number of ether oxygens (including phenoxy) is 1. The van der Waals surface area contributed by atoms with Crippen molar-refractivity contribution in [1.82, 2.24) is 19.8 Å². The Morgan fingerprint density at radius 2 is 2.11 bits per heavy atom. The van der Waals surface area contributed by atoms with Crippen molar-refractivity contribution in [3.63, 3.8) is 0 Å². The lowest BCUT2D eigenvalue weighted by atomic mass is 10.3. The molecule has 1 N–H and O–H groups in total. The maximum Gasteiger partial charge on any atom is 0.326 e. The lowest BCUT2D eigenvalue weighted by Crippen LogP contribution is -2.42. The van der Waals surface area contributed by atoms with Crippen LogP contribution >= 0.6 is 0 Å². The Kier molecular flexibility index (Phi) is 4.30. The average Bonchev–Trinajstić information content (AvgIpc) is 2.93. The predicted octanol–water partition coefficient (Wildman–Crippen LogP) is -0.310. The van der Waals surface area contributed by atoms with Crippen molar-refractivity contribution >= 4 is 11.9 Å². The fourth-order valence-corrected chi connectivity index (χ4v) is 1.72. The lowest BCUT2D eigenvalue weighted by molar-refractivity contribution is -0.135. The van der Waals surface area contributed by atoms with Crippen LogP contribution in [0.5, 0.6) is 0 Å². The number of aromatic nitrogens is 2. The van der Waals surface area contributed by atoms with Gasteiger partial charge in [0.05, 0.1) is 13.2 Å². The number of rotatable bonds is 3. The van der Waals surface area contributed by atoms with E-state index in [9.17, 15) is 9.59 Å². The second-order valence-corrected chi connectivity index (χ2v) is 3.95. The minimum atomic E-state index is -0.276. The normalized spacial score (nSPS) is 15.4. The highest BCUT2D eigenvalue weighted by Gasteiger charge is 2.16. The Hall–Kier alpha value is -1.89. The number of carbonyl (C=O) groups is 2. The van der Waals surface area contributed by atoms with Crippen LogP contribution in [-0.2, 0) is 9.53 Å². The van der Waals surface area contributed by atoms with Crippen LogP contribution in [0.2, 0.25) is 0 Å². The largest absolute Gasteiger partial charge is 0.378 e. The third-order valence-electron chi connectivity index (χ3n) is 2.72. The first-order valence-corrected chi connectivity index (χ1v) is 5.89. The molecule has 1 aliphatic heterocycles. The molecule has 0 saturated carbocycles. The highest BCUT2D eigenvalue weighted by molar-refractivity contribution is 5.79. The molecule has 7 heteroatoms. The van der Waals surface area contributed by atoms with Crippen LogP contribution < -0.4 is 5.32 Å². The van der Waals surface area contributed by atoms with Gasteiger partial charge in [0, 0.05) is 38.4 Å². The smallest absolute Gasteiger partial charge is 0.326 e. The van der Waals surface area contributed by atoms with Crippen LogP contribution in [0.15, 0.2) is 18.7 Å². The molecular formula is C11H16N4O3. The molecule has 0 radical (unpaired) electrons. The summed E-state index contributed by atoms with van der Waals surface area (Å²) in [6.07, 6.45) is 4.80. The van der Waals surface area contributed by atoms with Crippen LogP contribution in [-0.4, -0.2) is 59.2 Å². The van der Waals surface area contributed by atoms with Gasteiger partial charge in [0.2, 0.25) is 5.91 Å². The molecule has 2 rings (SSSR count). The molecule has 18 heavy (non-hydrogen) atoms. The molecule has 2 amide bonds. The molecule has 0 atom stereocenters. The van der Waals surface area contributed by atoms with Gasteiger partial charge in [-0.3, -0.25) is 9.36 Å². The fraction of sp³-hybridized carbons (Fsp3) is 0.545. The lowest BCUT2D eigenvalue weighted by Gasteiger charge is -2.26. The Morgan fingerprint density at radius 3 is 2.78 bits per heavy atom. The molecule has 1 saturated heterocycles. The minimum Gasteiger partial charge on any atom is -0.378 e. The zero-order valence-corrected chi connectivity index (χ0v) is 10.0. The first kappa shape index (κ1) is 12.6. The molecule has 0 unspecified atom stereocenters. The number of imidazole rings is 1. The summed E-state index contributed by atoms with van der Waals surface area (Å²) < 4.78 is 6.50. The molecule has 1 aromatic heterocycles. The van der Waals surface area contributed by atoms with Gasteiger partial charge in [0.15, 0.2) is 0 Å². The SMILES string of the molecule is O=C(CCNC(=O)n1ccnc1)N1CCOCC1. The van der Waals surface area contributed by atoms with Crippen molar-refractivity contribution in [3.8, 4) is 0 Å². The Bertz CT molecular complexity index is 398. The molecule has 7 nitrogen and oxygen atoms in total. The van der Waals surface area contributed by atoms with E-state index in [1.807, 2.05) is 0 Å². The van der Waals surface area contributed by atoms with Crippen molar-refractivity contribution in [2.45, 2.75) is 6.42 Å². The van der Waals surface area contributed by atoms with Gasteiger partial charge in [-0.2, -0.15) is 0 Å². The van der Waals surface area contributed by atoms with E-state index < -0.39 is 0 Å². The number of carbonyl (C=O) groups excluding carboxylic acids is 2. The van der Waals surface area contributed by atoms with Crippen molar-refractivity contribution < 1.29 is 14.3 Å². The summed E-state index contributed by atoms with van der Waals surface area (Å²) in [7, 11) is 0. The van der Waals surface area contributed by atoms with Crippen LogP contribution in [0, 0.1) is 0 Å². The Balaban J connectivity index is 1.68. The third-order valence-corrected chi connectivity index (χ3v) is 2.72. The van der Waals surface area contributed by atoms with E-state index in [2.05, 4.69) is 10.3 Å². The number of hydrogen-bond acceptors (Lipinski definition) is 4. The Labute approximate surface area is 105 Å². The molecule has 98 valence electrons. The van der Waals surface area contributed by atoms with Crippen molar-refractivity contribution in [2.75, 3.05) is 32.8 Å². The zero-order valence-electron chi connectivity index (χ0n) is 10.0. The highest BCUT2D eigenvalue weighted by atomic mass is 16.5. The summed E-state index contributed by atoms with van der Waals surface area (Å²) in [5.74, 6) is 0.0456. The van der Waals surface area contributed by atoms with Gasteiger partial charge < -0.3 is 15.0 Å². The van der Waals surface area contributed by atoms with E-state index in [4.69, 9.17) is 4.74 Å². The summed E-state index contributed by atoms with van der Waals surface area (Å²) in [6.45, 7) is 2.77. The van der Waals surface area contributed by atoms with E-state index in [0.717, 1.165) is 0 Å². The van der Waals surface area contributed by atoms with Crippen LogP contribution in [0.1, 0.15) is 6.42 Å². The number of hydrogen-bond donors (Lipinski definition) is 1. The van der Waals surface area contributed by atoms with Crippen molar-refractivity contribution in [2.24, 2.45) is 0 Å². The van der Waals surface area contributed by atoms with E-state index in [0.29, 0.717) is 39.3 Å². The van der Waals surface area contributed by atoms with Gasteiger partial charge >= 0.3 is 6.03 Å². The predicted molar refractivity (Wildman–Crippen MR) is 63.0 cm³/mol. The summed E-state index contributed by atoms with van der Waals surface area (Å²) in [5.41, 5.74) is 0. The molecule has 2 heterocycles. The molecule has 0 aromatic carbocycles. The topological polar surface area (TPSA) is 76.5 Å². The molecule has 0 spiro atoms. The van der Waals surface area contributed by atoms with E-state index >= 15 is 0 Å². The van der Waals surface area contributed by atoms with E-state index in [1.165, 1.54) is 17.1 Å². The van der Waals surface area contributed by atoms with Crippen molar-refractivity contribution in [3.05, 3.63) is 18.7 Å². The summed E-state index contributed by atoms with van der Waals surface area (Å²) in [4.78, 5) is 28.8. The number of amides is 2. The second-order valence-electron chi connectivity index (χ2n) is 3.95. The van der Waals surface area contributed by atoms with Gasteiger partial charge in [-0.25, -0.2) is 9.78 Å². The maximum atomic E-state index is 11.8. The summed E-state index contributed by atoms with van der Waals surface area (Å²) >= 11 is 0. The van der Waals surface area contributed by atoms with E-state index in [1.54, 1.807) is 11.1 Å². The molecule has 1 fully saturated rings. The van der Waals surface area contributed by atoms with Crippen LogP contribution in [0.4, 0.5) is 4.79 Å². The molecule has 1 aromatic rings. The number of morpholine rings is 1. The second kappa shape index (κ2) is 6.15. The molecule has 0 bridgehead atoms. The van der Waals surface area contributed by atoms with Gasteiger partial charge in [0.25, 0.3) is 0 Å². The zero-order chi connectivity index (χ0) is 12.8. The third kappa shape index (κ3) is 3.30. The van der Waals surface area contributed by atoms with Crippen molar-refractivity contribution in [1.29, 1.82) is 0 Å². The fourth-order valence-electron chi connectivity index (χ4n) is 1.72. The Morgan fingerprint density at radius 1 is 1.33 bits per heavy atom. The quantitative estimate of drug-likeness (QED) is 0.800. The number of nitrogens with zero attached hydrogens (tertiary/aromatic N) is 3. The molecule has 1 aliphatic rings. The standard InChI is InChI=1S/C11H16N4O3/c16-10(14-5-7-18-8-6-14)1-2-13-11(17)15-4-3-12-9-15/h3-4,9H,1-2,5-8H2,(H,13,17). The van der Waals surface area contributed by atoms with Gasteiger partial charge in [-0.05, 0) is 0 Å².